The van der Waals surface area contributed by atoms with Gasteiger partial charge >= 0.3 is 5.97 Å². The summed E-state index contributed by atoms with van der Waals surface area (Å²) >= 11 is 0. The molecule has 7 heteroatoms. The molecular formula is C18H25N3O4. The number of carboxylic acid groups (broad SMARTS) is 1. The molecule has 1 aromatic rings. The third-order valence-electron chi connectivity index (χ3n) is 4.26. The van der Waals surface area contributed by atoms with E-state index in [2.05, 4.69) is 10.3 Å². The number of piperidine rings is 1. The van der Waals surface area contributed by atoms with Gasteiger partial charge in [-0.25, -0.2) is 9.78 Å². The Morgan fingerprint density at radius 3 is 2.72 bits per heavy atom. The normalized spacial score (nSPS) is 17.9. The summed E-state index contributed by atoms with van der Waals surface area (Å²) in [7, 11) is 0. The number of nitrogens with zero attached hydrogens (tertiary/aromatic N) is 2. The van der Waals surface area contributed by atoms with E-state index in [1.807, 2.05) is 20.8 Å². The lowest BCUT2D eigenvalue weighted by molar-refractivity contribution is -0.128. The minimum Gasteiger partial charge on any atom is -0.477 e. The number of carboxylic acids is 1. The summed E-state index contributed by atoms with van der Waals surface area (Å²) in [6.07, 6.45) is 3.14. The third-order valence-corrected chi connectivity index (χ3v) is 4.26. The molecule has 2 rings (SSSR count). The van der Waals surface area contributed by atoms with Crippen LogP contribution in [0.1, 0.15) is 54.5 Å². The van der Waals surface area contributed by atoms with Gasteiger partial charge < -0.3 is 15.3 Å². The highest BCUT2D eigenvalue weighted by molar-refractivity contribution is 5.96. The van der Waals surface area contributed by atoms with Crippen LogP contribution in [0.25, 0.3) is 0 Å². The van der Waals surface area contributed by atoms with Gasteiger partial charge in [-0.05, 0) is 30.9 Å². The molecule has 0 spiro atoms. The fourth-order valence-electron chi connectivity index (χ4n) is 2.78. The van der Waals surface area contributed by atoms with Gasteiger partial charge in [0, 0.05) is 36.8 Å². The highest BCUT2D eigenvalue weighted by Crippen LogP contribution is 2.19. The van der Waals surface area contributed by atoms with Gasteiger partial charge in [-0.15, -0.1) is 0 Å². The van der Waals surface area contributed by atoms with Gasteiger partial charge in [-0.2, -0.15) is 0 Å². The van der Waals surface area contributed by atoms with E-state index in [-0.39, 0.29) is 23.4 Å². The lowest BCUT2D eigenvalue weighted by Crippen LogP contribution is -2.45. The number of carbonyl (C=O) groups is 3. The van der Waals surface area contributed by atoms with Crippen LogP contribution in [-0.2, 0) is 4.79 Å². The zero-order valence-electron chi connectivity index (χ0n) is 14.9. The Morgan fingerprint density at radius 2 is 2.08 bits per heavy atom. The molecule has 1 unspecified atom stereocenters. The van der Waals surface area contributed by atoms with E-state index < -0.39 is 11.4 Å². The minimum absolute atomic E-state index is 0.00353. The lowest BCUT2D eigenvalue weighted by atomic mass is 9.94. The number of likely N-dealkylation sites (tertiary alicyclic amines) is 1. The molecule has 25 heavy (non-hydrogen) atoms. The Hall–Kier alpha value is -2.44. The van der Waals surface area contributed by atoms with Crippen molar-refractivity contribution in [3.8, 4) is 0 Å². The van der Waals surface area contributed by atoms with Crippen molar-refractivity contribution >= 4 is 17.8 Å². The molecule has 2 amide bonds. The van der Waals surface area contributed by atoms with Crippen molar-refractivity contribution in [3.63, 3.8) is 0 Å². The molecule has 7 nitrogen and oxygen atoms in total. The fraction of sp³-hybridized carbons (Fsp3) is 0.556. The van der Waals surface area contributed by atoms with Crippen molar-refractivity contribution in [1.29, 1.82) is 0 Å². The molecule has 136 valence electrons. The second-order valence-corrected chi connectivity index (χ2v) is 7.45. The molecule has 1 aromatic heterocycles. The minimum atomic E-state index is -1.16. The lowest BCUT2D eigenvalue weighted by Gasteiger charge is -2.33. The Bertz CT molecular complexity index is 667. The van der Waals surface area contributed by atoms with E-state index >= 15 is 0 Å². The zero-order valence-corrected chi connectivity index (χ0v) is 14.9. The third kappa shape index (κ3) is 5.01. The number of carbonyl (C=O) groups excluding carboxylic acids is 2. The van der Waals surface area contributed by atoms with Crippen LogP contribution < -0.4 is 5.32 Å². The summed E-state index contributed by atoms with van der Waals surface area (Å²) in [4.78, 5) is 41.1. The summed E-state index contributed by atoms with van der Waals surface area (Å²) in [5, 5.41) is 12.0. The van der Waals surface area contributed by atoms with Crippen molar-refractivity contribution < 1.29 is 19.5 Å². The highest BCUT2D eigenvalue weighted by Gasteiger charge is 2.27. The molecular weight excluding hydrogens is 322 g/mol. The monoisotopic (exact) mass is 347 g/mol. The summed E-state index contributed by atoms with van der Waals surface area (Å²) in [5.41, 5.74) is -0.252. The second-order valence-electron chi connectivity index (χ2n) is 7.45. The van der Waals surface area contributed by atoms with Crippen LogP contribution in [0.2, 0.25) is 0 Å². The predicted molar refractivity (Wildman–Crippen MR) is 92.3 cm³/mol. The molecule has 1 aliphatic rings. The van der Waals surface area contributed by atoms with E-state index in [4.69, 9.17) is 5.11 Å². The maximum absolute atomic E-state index is 12.6. The largest absolute Gasteiger partial charge is 0.477 e. The first-order chi connectivity index (χ1) is 11.7. The van der Waals surface area contributed by atoms with Gasteiger partial charge in [0.15, 0.2) is 0 Å². The Balaban J connectivity index is 1.98. The Kier molecular flexibility index (Phi) is 5.77. The predicted octanol–water partition coefficient (Wildman–Crippen LogP) is 1.79. The first-order valence-corrected chi connectivity index (χ1v) is 8.45. The van der Waals surface area contributed by atoms with Crippen molar-refractivity contribution in [2.24, 2.45) is 11.3 Å². The molecule has 0 saturated carbocycles. The summed E-state index contributed by atoms with van der Waals surface area (Å²) in [5.74, 6) is -1.16. The smallest absolute Gasteiger partial charge is 0.354 e. The molecule has 1 aliphatic heterocycles. The van der Waals surface area contributed by atoms with Gasteiger partial charge in [-0.3, -0.25) is 9.59 Å². The summed E-state index contributed by atoms with van der Waals surface area (Å²) < 4.78 is 0. The van der Waals surface area contributed by atoms with Crippen molar-refractivity contribution in [1.82, 2.24) is 15.2 Å². The topological polar surface area (TPSA) is 99.6 Å². The second kappa shape index (κ2) is 7.63. The number of amides is 2. The van der Waals surface area contributed by atoms with Gasteiger partial charge in [0.1, 0.15) is 5.69 Å². The van der Waals surface area contributed by atoms with Gasteiger partial charge in [0.25, 0.3) is 5.91 Å². The molecule has 2 heterocycles. The maximum Gasteiger partial charge on any atom is 0.354 e. The SMILES string of the molecule is CC(C)(C)C(=O)NCC1CCCN(C(=O)c2ccnc(C(=O)O)c2)C1. The van der Waals surface area contributed by atoms with Crippen molar-refractivity contribution in [2.45, 2.75) is 33.6 Å². The fourth-order valence-corrected chi connectivity index (χ4v) is 2.78. The van der Waals surface area contributed by atoms with Crippen LogP contribution in [0, 0.1) is 11.3 Å². The first-order valence-electron chi connectivity index (χ1n) is 8.45. The maximum atomic E-state index is 12.6. The van der Waals surface area contributed by atoms with Crippen molar-refractivity contribution in [3.05, 3.63) is 29.6 Å². The van der Waals surface area contributed by atoms with Crippen LogP contribution in [0.5, 0.6) is 0 Å². The number of nitrogens with one attached hydrogen (secondary N) is 1. The molecule has 0 bridgehead atoms. The van der Waals surface area contributed by atoms with E-state index in [0.29, 0.717) is 25.2 Å². The van der Waals surface area contributed by atoms with Crippen molar-refractivity contribution in [2.75, 3.05) is 19.6 Å². The number of hydrogen-bond donors (Lipinski definition) is 2. The highest BCUT2D eigenvalue weighted by atomic mass is 16.4. The molecule has 1 atom stereocenters. The van der Waals surface area contributed by atoms with Crippen LogP contribution in [0.4, 0.5) is 0 Å². The van der Waals surface area contributed by atoms with E-state index in [0.717, 1.165) is 12.8 Å². The molecule has 2 N–H and O–H groups in total. The van der Waals surface area contributed by atoms with Crippen LogP contribution in [-0.4, -0.2) is 52.4 Å². The molecule has 0 radical (unpaired) electrons. The van der Waals surface area contributed by atoms with E-state index in [1.54, 1.807) is 4.90 Å². The Labute approximate surface area is 147 Å². The van der Waals surface area contributed by atoms with Crippen LogP contribution >= 0.6 is 0 Å². The quantitative estimate of drug-likeness (QED) is 0.865. The molecule has 1 saturated heterocycles. The number of hydrogen-bond acceptors (Lipinski definition) is 4. The molecule has 1 fully saturated rings. The average molecular weight is 347 g/mol. The standard InChI is InChI=1S/C18H25N3O4/c1-18(2,3)17(25)20-10-12-5-4-8-21(11-12)15(22)13-6-7-19-14(9-13)16(23)24/h6-7,9,12H,4-5,8,10-11H2,1-3H3,(H,20,25)(H,23,24). The summed E-state index contributed by atoms with van der Waals surface area (Å²) in [6.45, 7) is 7.31. The number of rotatable bonds is 4. The van der Waals surface area contributed by atoms with Gasteiger partial charge in [0.2, 0.25) is 5.91 Å². The number of pyridine rings is 1. The van der Waals surface area contributed by atoms with Crippen LogP contribution in [0.3, 0.4) is 0 Å². The van der Waals surface area contributed by atoms with E-state index in [1.165, 1.54) is 18.3 Å². The average Bonchev–Trinajstić information content (AvgIpc) is 2.58. The molecule has 0 aromatic carbocycles. The van der Waals surface area contributed by atoms with Gasteiger partial charge in [-0.1, -0.05) is 20.8 Å². The summed E-state index contributed by atoms with van der Waals surface area (Å²) in [6, 6.07) is 2.83. The van der Waals surface area contributed by atoms with Crippen LogP contribution in [0.15, 0.2) is 18.3 Å². The first kappa shape index (κ1) is 18.9. The number of aromatic carboxylic acids is 1. The number of aromatic nitrogens is 1. The zero-order chi connectivity index (χ0) is 18.6. The van der Waals surface area contributed by atoms with Gasteiger partial charge in [0.05, 0.1) is 0 Å². The Morgan fingerprint density at radius 1 is 1.36 bits per heavy atom. The van der Waals surface area contributed by atoms with E-state index in [9.17, 15) is 14.4 Å². The molecule has 0 aliphatic carbocycles.